The molecule has 0 radical (unpaired) electrons. The van der Waals surface area contributed by atoms with Crippen LogP contribution >= 0.6 is 11.6 Å². The number of methoxy groups -OCH3 is 1. The molecule has 1 aliphatic rings. The fourth-order valence-corrected chi connectivity index (χ4v) is 3.61. The van der Waals surface area contributed by atoms with Crippen molar-refractivity contribution in [2.75, 3.05) is 30.4 Å². The molecule has 1 amide bonds. The first-order valence-corrected chi connectivity index (χ1v) is 10.8. The van der Waals surface area contributed by atoms with Crippen molar-refractivity contribution >= 4 is 35.1 Å². The van der Waals surface area contributed by atoms with Crippen LogP contribution in [0.4, 0.5) is 11.6 Å². The Kier molecular flexibility index (Phi) is 6.86. The zero-order valence-corrected chi connectivity index (χ0v) is 18.7. The van der Waals surface area contributed by atoms with Gasteiger partial charge in [0, 0.05) is 29.9 Å². The SMILES string of the molecule is COC(=O)c1cccc(C#Cc2cccc(NC(=O)c3nc(N4CCCC4)ncc3Cl)c2)c1. The number of carbonyl (C=O) groups is 2. The summed E-state index contributed by atoms with van der Waals surface area (Å²) in [5.74, 6) is 5.74. The maximum absolute atomic E-state index is 12.8. The van der Waals surface area contributed by atoms with Crippen LogP contribution in [0.25, 0.3) is 0 Å². The summed E-state index contributed by atoms with van der Waals surface area (Å²) in [6.07, 6.45) is 3.62. The molecule has 1 aliphatic heterocycles. The van der Waals surface area contributed by atoms with Gasteiger partial charge in [-0.1, -0.05) is 35.6 Å². The maximum atomic E-state index is 12.8. The van der Waals surface area contributed by atoms with Gasteiger partial charge >= 0.3 is 5.97 Å². The number of amides is 1. The van der Waals surface area contributed by atoms with E-state index in [0.29, 0.717) is 28.3 Å². The van der Waals surface area contributed by atoms with Crippen LogP contribution in [-0.4, -0.2) is 42.0 Å². The Morgan fingerprint density at radius 2 is 1.76 bits per heavy atom. The highest BCUT2D eigenvalue weighted by Gasteiger charge is 2.19. The standard InChI is InChI=1S/C25H21ClN4O3/c1-33-24(32)19-8-4-6-17(14-19)10-11-18-7-5-9-20(15-18)28-23(31)22-21(26)16-27-25(29-22)30-12-2-3-13-30/h4-9,14-16H,2-3,12-13H2,1H3,(H,28,31). The first kappa shape index (κ1) is 22.3. The lowest BCUT2D eigenvalue weighted by molar-refractivity contribution is 0.0600. The number of esters is 1. The van der Waals surface area contributed by atoms with Crippen LogP contribution in [-0.2, 0) is 4.74 Å². The van der Waals surface area contributed by atoms with Gasteiger partial charge in [-0.25, -0.2) is 14.8 Å². The molecule has 0 aliphatic carbocycles. The smallest absolute Gasteiger partial charge is 0.337 e. The minimum atomic E-state index is -0.418. The Morgan fingerprint density at radius 3 is 2.48 bits per heavy atom. The fourth-order valence-electron chi connectivity index (χ4n) is 3.44. The quantitative estimate of drug-likeness (QED) is 0.464. The van der Waals surface area contributed by atoms with Crippen molar-refractivity contribution in [3.63, 3.8) is 0 Å². The topological polar surface area (TPSA) is 84.4 Å². The van der Waals surface area contributed by atoms with E-state index in [4.69, 9.17) is 16.3 Å². The summed E-state index contributed by atoms with van der Waals surface area (Å²) in [6.45, 7) is 1.73. The summed E-state index contributed by atoms with van der Waals surface area (Å²) in [5, 5.41) is 3.02. The second-order valence-corrected chi connectivity index (χ2v) is 7.83. The predicted octanol–water partition coefficient (Wildman–Crippen LogP) is 4.17. The molecule has 0 atom stereocenters. The molecule has 0 unspecified atom stereocenters. The Hall–Kier alpha value is -3.89. The molecular weight excluding hydrogens is 440 g/mol. The Bertz CT molecular complexity index is 1260. The van der Waals surface area contributed by atoms with Gasteiger partial charge in [0.2, 0.25) is 5.95 Å². The van der Waals surface area contributed by atoms with E-state index in [1.165, 1.54) is 13.3 Å². The molecule has 0 saturated carbocycles. The normalized spacial score (nSPS) is 12.6. The van der Waals surface area contributed by atoms with Gasteiger partial charge < -0.3 is 15.0 Å². The van der Waals surface area contributed by atoms with Crippen molar-refractivity contribution in [2.45, 2.75) is 12.8 Å². The summed E-state index contributed by atoms with van der Waals surface area (Å²) in [7, 11) is 1.34. The van der Waals surface area contributed by atoms with Crippen LogP contribution in [0.1, 0.15) is 44.8 Å². The molecule has 8 heteroatoms. The number of carbonyl (C=O) groups excluding carboxylic acids is 2. The summed E-state index contributed by atoms with van der Waals surface area (Å²) >= 11 is 6.20. The monoisotopic (exact) mass is 460 g/mol. The van der Waals surface area contributed by atoms with Crippen molar-refractivity contribution in [2.24, 2.45) is 0 Å². The van der Waals surface area contributed by atoms with Crippen LogP contribution in [0.2, 0.25) is 5.02 Å². The van der Waals surface area contributed by atoms with Crippen molar-refractivity contribution in [1.29, 1.82) is 0 Å². The lowest BCUT2D eigenvalue weighted by atomic mass is 10.1. The van der Waals surface area contributed by atoms with Gasteiger partial charge in [-0.05, 0) is 49.2 Å². The van der Waals surface area contributed by atoms with Gasteiger partial charge in [-0.15, -0.1) is 0 Å². The van der Waals surface area contributed by atoms with Gasteiger partial charge in [0.1, 0.15) is 0 Å². The molecule has 1 N–H and O–H groups in total. The largest absolute Gasteiger partial charge is 0.465 e. The molecule has 1 saturated heterocycles. The van der Waals surface area contributed by atoms with Crippen molar-refractivity contribution < 1.29 is 14.3 Å². The second-order valence-electron chi connectivity index (χ2n) is 7.42. The van der Waals surface area contributed by atoms with E-state index < -0.39 is 11.9 Å². The Morgan fingerprint density at radius 1 is 1.06 bits per heavy atom. The van der Waals surface area contributed by atoms with Gasteiger partial charge in [0.05, 0.1) is 23.9 Å². The Balaban J connectivity index is 1.50. The number of nitrogens with zero attached hydrogens (tertiary/aromatic N) is 3. The van der Waals surface area contributed by atoms with Gasteiger partial charge in [-0.3, -0.25) is 4.79 Å². The fraction of sp³-hybridized carbons (Fsp3) is 0.200. The molecule has 1 aromatic heterocycles. The minimum absolute atomic E-state index is 0.129. The number of rotatable bonds is 4. The minimum Gasteiger partial charge on any atom is -0.465 e. The first-order chi connectivity index (χ1) is 16.0. The van der Waals surface area contributed by atoms with E-state index in [9.17, 15) is 9.59 Å². The zero-order chi connectivity index (χ0) is 23.2. The first-order valence-electron chi connectivity index (χ1n) is 10.4. The van der Waals surface area contributed by atoms with Crippen LogP contribution in [0.15, 0.2) is 54.7 Å². The zero-order valence-electron chi connectivity index (χ0n) is 18.0. The lowest BCUT2D eigenvalue weighted by Gasteiger charge is -2.16. The molecule has 166 valence electrons. The molecular formula is C25H21ClN4O3. The summed E-state index contributed by atoms with van der Waals surface area (Å²) in [6, 6.07) is 14.0. The third-order valence-corrected chi connectivity index (χ3v) is 5.37. The molecule has 0 spiro atoms. The van der Waals surface area contributed by atoms with E-state index in [1.807, 2.05) is 11.0 Å². The van der Waals surface area contributed by atoms with E-state index in [-0.39, 0.29) is 10.7 Å². The number of nitrogens with one attached hydrogen (secondary N) is 1. The molecule has 0 bridgehead atoms. The maximum Gasteiger partial charge on any atom is 0.337 e. The number of halogens is 1. The number of hydrogen-bond acceptors (Lipinski definition) is 6. The summed E-state index contributed by atoms with van der Waals surface area (Å²) in [4.78, 5) is 35.2. The van der Waals surface area contributed by atoms with Crippen molar-refractivity contribution in [3.8, 4) is 11.8 Å². The van der Waals surface area contributed by atoms with E-state index >= 15 is 0 Å². The summed E-state index contributed by atoms with van der Waals surface area (Å²) < 4.78 is 4.74. The number of anilines is 2. The van der Waals surface area contributed by atoms with Gasteiger partial charge in [-0.2, -0.15) is 0 Å². The average Bonchev–Trinajstić information content (AvgIpc) is 3.38. The van der Waals surface area contributed by atoms with Crippen molar-refractivity contribution in [1.82, 2.24) is 9.97 Å². The molecule has 1 fully saturated rings. The molecule has 4 rings (SSSR count). The lowest BCUT2D eigenvalue weighted by Crippen LogP contribution is -2.23. The van der Waals surface area contributed by atoms with Crippen LogP contribution < -0.4 is 10.2 Å². The van der Waals surface area contributed by atoms with Crippen molar-refractivity contribution in [3.05, 3.63) is 82.1 Å². The third-order valence-electron chi connectivity index (χ3n) is 5.09. The predicted molar refractivity (Wildman–Crippen MR) is 127 cm³/mol. The average molecular weight is 461 g/mol. The van der Waals surface area contributed by atoms with Crippen LogP contribution in [0.3, 0.4) is 0 Å². The molecule has 3 aromatic rings. The van der Waals surface area contributed by atoms with E-state index in [0.717, 1.165) is 25.9 Å². The summed E-state index contributed by atoms with van der Waals surface area (Å²) in [5.41, 5.74) is 2.50. The highest BCUT2D eigenvalue weighted by molar-refractivity contribution is 6.34. The molecule has 2 heterocycles. The highest BCUT2D eigenvalue weighted by Crippen LogP contribution is 2.21. The number of hydrogen-bond donors (Lipinski definition) is 1. The highest BCUT2D eigenvalue weighted by atomic mass is 35.5. The van der Waals surface area contributed by atoms with Gasteiger partial charge in [0.25, 0.3) is 5.91 Å². The van der Waals surface area contributed by atoms with E-state index in [1.54, 1.807) is 42.5 Å². The molecule has 7 nitrogen and oxygen atoms in total. The molecule has 2 aromatic carbocycles. The van der Waals surface area contributed by atoms with Crippen LogP contribution in [0.5, 0.6) is 0 Å². The number of ether oxygens (including phenoxy) is 1. The number of aromatic nitrogens is 2. The number of benzene rings is 2. The van der Waals surface area contributed by atoms with E-state index in [2.05, 4.69) is 27.1 Å². The Labute approximate surface area is 196 Å². The third kappa shape index (κ3) is 5.48. The van der Waals surface area contributed by atoms with Crippen LogP contribution in [0, 0.1) is 11.8 Å². The van der Waals surface area contributed by atoms with Gasteiger partial charge in [0.15, 0.2) is 5.69 Å². The molecule has 33 heavy (non-hydrogen) atoms. The second kappa shape index (κ2) is 10.2.